The summed E-state index contributed by atoms with van der Waals surface area (Å²) in [6, 6.07) is 21.2. The molecule has 0 aliphatic carbocycles. The van der Waals surface area contributed by atoms with Crippen molar-refractivity contribution in [3.8, 4) is 17.3 Å². The normalized spacial score (nSPS) is 11.0. The zero-order valence-corrected chi connectivity index (χ0v) is 24.9. The number of para-hydroxylation sites is 1. The molecule has 0 unspecified atom stereocenters. The van der Waals surface area contributed by atoms with Gasteiger partial charge in [0.05, 0.1) is 29.5 Å². The lowest BCUT2D eigenvalue weighted by Gasteiger charge is -2.15. The summed E-state index contributed by atoms with van der Waals surface area (Å²) >= 11 is 3.57. The van der Waals surface area contributed by atoms with Crippen LogP contribution in [-0.4, -0.2) is 44.0 Å². The van der Waals surface area contributed by atoms with Gasteiger partial charge in [-0.3, -0.25) is 4.79 Å². The Bertz CT molecular complexity index is 1720. The Morgan fingerprint density at radius 1 is 1.12 bits per heavy atom. The molecule has 0 spiro atoms. The highest BCUT2D eigenvalue weighted by atomic mass is 79.9. The van der Waals surface area contributed by atoms with Crippen LogP contribution in [0.5, 0.6) is 11.5 Å². The Morgan fingerprint density at radius 2 is 1.91 bits per heavy atom. The van der Waals surface area contributed by atoms with E-state index < -0.39 is 5.91 Å². The molecule has 0 aliphatic rings. The lowest BCUT2D eigenvalue weighted by atomic mass is 10.2. The lowest BCUT2D eigenvalue weighted by Crippen LogP contribution is -2.21. The number of nitrogens with two attached hydrogens (primary N) is 1. The van der Waals surface area contributed by atoms with Gasteiger partial charge in [0.1, 0.15) is 6.61 Å². The molecular weight excluding hydrogens is 618 g/mol. The van der Waals surface area contributed by atoms with E-state index in [1.54, 1.807) is 6.07 Å². The van der Waals surface area contributed by atoms with Crippen molar-refractivity contribution in [2.45, 2.75) is 27.0 Å². The van der Waals surface area contributed by atoms with Crippen LogP contribution < -0.4 is 25.9 Å². The molecular formula is C29H28BrN9O4. The van der Waals surface area contributed by atoms with Gasteiger partial charge in [-0.1, -0.05) is 53.2 Å². The van der Waals surface area contributed by atoms with Gasteiger partial charge in [-0.25, -0.2) is 10.1 Å². The van der Waals surface area contributed by atoms with E-state index >= 15 is 0 Å². The molecule has 0 bridgehead atoms. The van der Waals surface area contributed by atoms with Crippen molar-refractivity contribution in [2.24, 2.45) is 5.10 Å². The highest BCUT2D eigenvalue weighted by Gasteiger charge is 2.24. The second-order valence-electron chi connectivity index (χ2n) is 9.23. The van der Waals surface area contributed by atoms with E-state index in [0.717, 1.165) is 11.3 Å². The van der Waals surface area contributed by atoms with Crippen molar-refractivity contribution >= 4 is 39.6 Å². The highest BCUT2D eigenvalue weighted by molar-refractivity contribution is 9.10. The number of hydrogen-bond acceptors (Lipinski definition) is 11. The number of halogens is 1. The van der Waals surface area contributed by atoms with Crippen molar-refractivity contribution in [2.75, 3.05) is 17.7 Å². The molecule has 0 atom stereocenters. The van der Waals surface area contributed by atoms with Gasteiger partial charge < -0.3 is 20.5 Å². The first-order valence-electron chi connectivity index (χ1n) is 13.2. The van der Waals surface area contributed by atoms with E-state index in [2.05, 4.69) is 52.4 Å². The molecule has 0 fully saturated rings. The summed E-state index contributed by atoms with van der Waals surface area (Å²) in [5.74, 6) is 0.616. The molecule has 43 heavy (non-hydrogen) atoms. The molecule has 0 radical (unpaired) electrons. The predicted octanol–water partition coefficient (Wildman–Crippen LogP) is 4.66. The number of amides is 1. The number of ether oxygens (including phenoxy) is 2. The third kappa shape index (κ3) is 7.16. The van der Waals surface area contributed by atoms with Crippen molar-refractivity contribution in [1.29, 1.82) is 0 Å². The topological polar surface area (TPSA) is 168 Å². The second-order valence-corrected chi connectivity index (χ2v) is 10.1. The monoisotopic (exact) mass is 645 g/mol. The van der Waals surface area contributed by atoms with Gasteiger partial charge in [0.15, 0.2) is 17.2 Å². The first-order chi connectivity index (χ1) is 20.9. The van der Waals surface area contributed by atoms with Crippen LogP contribution >= 0.6 is 15.9 Å². The number of benzene rings is 3. The molecule has 2 aromatic heterocycles. The van der Waals surface area contributed by atoms with Gasteiger partial charge in [0.25, 0.3) is 5.91 Å². The van der Waals surface area contributed by atoms with Crippen molar-refractivity contribution < 1.29 is 18.9 Å². The minimum absolute atomic E-state index is 0.00203. The maximum Gasteiger partial charge on any atom is 0.293 e. The fraction of sp³-hybridized carbons (Fsp3) is 0.172. The van der Waals surface area contributed by atoms with Crippen LogP contribution in [0.15, 0.2) is 80.9 Å². The average molecular weight is 647 g/mol. The number of nitrogens with zero attached hydrogens (tertiary/aromatic N) is 6. The molecule has 0 saturated carbocycles. The molecule has 3 aromatic carbocycles. The Morgan fingerprint density at radius 3 is 2.63 bits per heavy atom. The molecule has 220 valence electrons. The Hall–Kier alpha value is -5.24. The predicted molar refractivity (Wildman–Crippen MR) is 163 cm³/mol. The van der Waals surface area contributed by atoms with Crippen LogP contribution in [0.3, 0.4) is 0 Å². The number of aryl methyl sites for hydroxylation is 1. The van der Waals surface area contributed by atoms with Crippen LogP contribution in [-0.2, 0) is 13.2 Å². The molecule has 4 N–H and O–H groups in total. The first-order valence-corrected chi connectivity index (χ1v) is 14.0. The van der Waals surface area contributed by atoms with Crippen LogP contribution in [0.4, 0.5) is 11.5 Å². The zero-order chi connectivity index (χ0) is 30.2. The maximum absolute atomic E-state index is 13.2. The standard InChI is InChI=1S/C29H28BrN9O4/c1-3-41-24-14-20(13-22(30)26(24)42-17-19-11-9-18(2)10-12-19)15-33-35-29(40)25-23(16-32-21-7-5-4-6-8-21)39(38-34-25)28-27(31)36-43-37-28/h4-15,32H,3,16-17H2,1-2H3,(H2,31,36)(H,35,40)/b33-15+. The van der Waals surface area contributed by atoms with Gasteiger partial charge in [0.2, 0.25) is 11.6 Å². The van der Waals surface area contributed by atoms with Gasteiger partial charge in [0, 0.05) is 5.69 Å². The van der Waals surface area contributed by atoms with Gasteiger partial charge >= 0.3 is 0 Å². The highest BCUT2D eigenvalue weighted by Crippen LogP contribution is 2.37. The van der Waals surface area contributed by atoms with Crippen LogP contribution in [0.1, 0.15) is 39.8 Å². The first kappa shape index (κ1) is 29.3. The Kier molecular flexibility index (Phi) is 9.26. The Labute approximate surface area is 255 Å². The fourth-order valence-electron chi connectivity index (χ4n) is 4.01. The van der Waals surface area contributed by atoms with E-state index in [1.165, 1.54) is 16.5 Å². The minimum atomic E-state index is -0.593. The number of carbonyl (C=O) groups excluding carboxylic acids is 1. The summed E-state index contributed by atoms with van der Waals surface area (Å²) in [6.07, 6.45) is 1.49. The third-order valence-corrected chi connectivity index (χ3v) is 6.71. The number of hydrogen-bond donors (Lipinski definition) is 3. The number of nitrogen functional groups attached to an aromatic ring is 1. The summed E-state index contributed by atoms with van der Waals surface area (Å²) in [5.41, 5.74) is 12.5. The van der Waals surface area contributed by atoms with Crippen LogP contribution in [0.25, 0.3) is 5.82 Å². The number of rotatable bonds is 12. The second kappa shape index (κ2) is 13.6. The van der Waals surface area contributed by atoms with E-state index in [4.69, 9.17) is 19.8 Å². The summed E-state index contributed by atoms with van der Waals surface area (Å²) in [6.45, 7) is 4.91. The molecule has 0 saturated heterocycles. The van der Waals surface area contributed by atoms with Crippen molar-refractivity contribution in [1.82, 2.24) is 30.7 Å². The molecule has 5 rings (SSSR count). The minimum Gasteiger partial charge on any atom is -0.490 e. The lowest BCUT2D eigenvalue weighted by molar-refractivity contribution is 0.0949. The van der Waals surface area contributed by atoms with Gasteiger partial charge in [-0.15, -0.1) is 5.10 Å². The van der Waals surface area contributed by atoms with Crippen LogP contribution in [0, 0.1) is 6.92 Å². The van der Waals surface area contributed by atoms with Gasteiger partial charge in [-0.2, -0.15) is 9.78 Å². The summed E-state index contributed by atoms with van der Waals surface area (Å²) in [5, 5.41) is 22.8. The molecule has 5 aromatic rings. The van der Waals surface area contributed by atoms with E-state index in [-0.39, 0.29) is 23.9 Å². The summed E-state index contributed by atoms with van der Waals surface area (Å²) in [7, 11) is 0. The number of hydrazone groups is 1. The summed E-state index contributed by atoms with van der Waals surface area (Å²) in [4.78, 5) is 13.2. The van der Waals surface area contributed by atoms with E-state index in [0.29, 0.717) is 40.4 Å². The fourth-order valence-corrected chi connectivity index (χ4v) is 4.58. The van der Waals surface area contributed by atoms with E-state index in [1.807, 2.05) is 74.5 Å². The molecule has 2 heterocycles. The Balaban J connectivity index is 1.32. The van der Waals surface area contributed by atoms with Gasteiger partial charge in [-0.05, 0) is 75.5 Å². The van der Waals surface area contributed by atoms with Crippen molar-refractivity contribution in [3.05, 3.63) is 99.3 Å². The van der Waals surface area contributed by atoms with Crippen LogP contribution in [0.2, 0.25) is 0 Å². The largest absolute Gasteiger partial charge is 0.490 e. The SMILES string of the molecule is CCOc1cc(/C=N/NC(=O)c2nnn(-c3nonc3N)c2CNc2ccccc2)cc(Br)c1OCc1ccc(C)cc1. The maximum atomic E-state index is 13.2. The zero-order valence-electron chi connectivity index (χ0n) is 23.3. The number of anilines is 2. The quantitative estimate of drug-likeness (QED) is 0.128. The molecule has 13 nitrogen and oxygen atoms in total. The summed E-state index contributed by atoms with van der Waals surface area (Å²) < 4.78 is 18.6. The third-order valence-electron chi connectivity index (χ3n) is 6.12. The molecule has 14 heteroatoms. The average Bonchev–Trinajstić information content (AvgIpc) is 3.62. The molecule has 1 amide bonds. The number of nitrogens with one attached hydrogen (secondary N) is 2. The molecule has 0 aliphatic heterocycles. The number of aromatic nitrogens is 5. The smallest absolute Gasteiger partial charge is 0.293 e. The number of carbonyl (C=O) groups is 1. The van der Waals surface area contributed by atoms with Crippen molar-refractivity contribution in [3.63, 3.8) is 0 Å². The van der Waals surface area contributed by atoms with E-state index in [9.17, 15) is 4.79 Å².